The maximum Gasteiger partial charge on any atom is 0.280 e. The minimum Gasteiger partial charge on any atom is -0.497 e. The van der Waals surface area contributed by atoms with Gasteiger partial charge in [0, 0.05) is 36.4 Å². The molecule has 0 saturated carbocycles. The van der Waals surface area contributed by atoms with Crippen LogP contribution in [-0.4, -0.2) is 34.6 Å². The average Bonchev–Trinajstić information content (AvgIpc) is 3.33. The second-order valence-electron chi connectivity index (χ2n) is 9.24. The molecular weight excluding hydrogens is 504 g/mol. The van der Waals surface area contributed by atoms with Crippen LogP contribution in [0.1, 0.15) is 29.0 Å². The molecule has 0 aliphatic heterocycles. The number of hydrogen-bond donors (Lipinski definition) is 1. The van der Waals surface area contributed by atoms with Crippen molar-refractivity contribution in [2.75, 3.05) is 13.7 Å². The number of H-pyrrole nitrogens is 1. The highest BCUT2D eigenvalue weighted by Gasteiger charge is 2.17. The monoisotopic (exact) mass is 532 g/mol. The van der Waals surface area contributed by atoms with Crippen molar-refractivity contribution in [1.29, 1.82) is 0 Å². The number of nitro groups is 1. The van der Waals surface area contributed by atoms with Gasteiger partial charge in [-0.25, -0.2) is 4.68 Å². The lowest BCUT2D eigenvalue weighted by Gasteiger charge is -2.17. The highest BCUT2D eigenvalue weighted by atomic mass is 16.6. The van der Waals surface area contributed by atoms with Gasteiger partial charge in [-0.2, -0.15) is 0 Å². The molecule has 4 aromatic carbocycles. The van der Waals surface area contributed by atoms with Crippen molar-refractivity contribution in [2.45, 2.75) is 12.3 Å². The van der Waals surface area contributed by atoms with E-state index in [1.807, 2.05) is 60.7 Å². The number of benzene rings is 4. The zero-order valence-electron chi connectivity index (χ0n) is 21.9. The van der Waals surface area contributed by atoms with Gasteiger partial charge in [0.15, 0.2) is 0 Å². The van der Waals surface area contributed by atoms with Crippen molar-refractivity contribution in [3.8, 4) is 22.7 Å². The summed E-state index contributed by atoms with van der Waals surface area (Å²) in [6.45, 7) is 0.513. The number of rotatable bonds is 10. The van der Waals surface area contributed by atoms with Crippen molar-refractivity contribution in [1.82, 2.24) is 9.78 Å². The SMILES string of the molecule is COc1ccc(-c2[nH]n(-c3ccc([N+](=O)[O-])cc3)c(=O)c2C=NCCC(c2ccccc2)c2ccccc2)cc1. The molecular formula is C32H28N4O4. The summed E-state index contributed by atoms with van der Waals surface area (Å²) in [5, 5.41) is 14.3. The van der Waals surface area contributed by atoms with Crippen LogP contribution in [0.5, 0.6) is 5.75 Å². The molecule has 1 aromatic heterocycles. The van der Waals surface area contributed by atoms with E-state index < -0.39 is 4.92 Å². The first kappa shape index (κ1) is 26.4. The zero-order chi connectivity index (χ0) is 27.9. The van der Waals surface area contributed by atoms with Gasteiger partial charge in [-0.15, -0.1) is 0 Å². The van der Waals surface area contributed by atoms with E-state index >= 15 is 0 Å². The fourth-order valence-corrected chi connectivity index (χ4v) is 4.71. The Kier molecular flexibility index (Phi) is 7.97. The number of methoxy groups -OCH3 is 1. The smallest absolute Gasteiger partial charge is 0.280 e. The summed E-state index contributed by atoms with van der Waals surface area (Å²) < 4.78 is 6.66. The molecule has 0 fully saturated rings. The topological polar surface area (TPSA) is 103 Å². The summed E-state index contributed by atoms with van der Waals surface area (Å²) in [6, 6.07) is 33.9. The molecule has 0 aliphatic rings. The Hall–Kier alpha value is -5.24. The molecule has 8 heteroatoms. The maximum absolute atomic E-state index is 13.6. The third kappa shape index (κ3) is 5.76. The molecule has 0 amide bonds. The molecule has 8 nitrogen and oxygen atoms in total. The van der Waals surface area contributed by atoms with Crippen LogP contribution in [0.4, 0.5) is 5.69 Å². The quantitative estimate of drug-likeness (QED) is 0.128. The second kappa shape index (κ2) is 12.1. The number of aliphatic imine (C=N–C) groups is 1. The Morgan fingerprint density at radius 3 is 2.05 bits per heavy atom. The van der Waals surface area contributed by atoms with Gasteiger partial charge in [0.1, 0.15) is 5.75 Å². The van der Waals surface area contributed by atoms with Crippen molar-refractivity contribution >= 4 is 11.9 Å². The lowest BCUT2D eigenvalue weighted by Crippen LogP contribution is -2.17. The van der Waals surface area contributed by atoms with E-state index in [0.29, 0.717) is 29.2 Å². The molecule has 200 valence electrons. The molecule has 0 unspecified atom stereocenters. The zero-order valence-corrected chi connectivity index (χ0v) is 21.9. The number of aromatic amines is 1. The van der Waals surface area contributed by atoms with Crippen LogP contribution < -0.4 is 10.3 Å². The first-order valence-electron chi connectivity index (χ1n) is 12.9. The van der Waals surface area contributed by atoms with Crippen molar-refractivity contribution in [2.24, 2.45) is 4.99 Å². The second-order valence-corrected chi connectivity index (χ2v) is 9.24. The Bertz CT molecular complexity index is 1620. The molecule has 5 aromatic rings. The Balaban J connectivity index is 1.46. The van der Waals surface area contributed by atoms with Crippen LogP contribution in [0, 0.1) is 10.1 Å². The molecule has 0 spiro atoms. The molecule has 0 saturated heterocycles. The molecule has 0 aliphatic carbocycles. The standard InChI is InChI=1S/C32H28N4O4/c1-40-28-18-12-25(13-19-28)31-30(32(37)35(34-31)26-14-16-27(17-15-26)36(38)39)22-33-21-20-29(23-8-4-2-5-9-23)24-10-6-3-7-11-24/h2-19,22,29,34H,20-21H2,1H3. The van der Waals surface area contributed by atoms with E-state index in [9.17, 15) is 14.9 Å². The number of nitro benzene ring substituents is 1. The summed E-state index contributed by atoms with van der Waals surface area (Å²) in [4.78, 5) is 28.9. The molecule has 1 N–H and O–H groups in total. The number of nitrogens with zero attached hydrogens (tertiary/aromatic N) is 3. The third-order valence-corrected chi connectivity index (χ3v) is 6.80. The van der Waals surface area contributed by atoms with Gasteiger partial charge in [0.05, 0.1) is 29.0 Å². The average molecular weight is 533 g/mol. The van der Waals surface area contributed by atoms with Crippen LogP contribution in [0.25, 0.3) is 16.9 Å². The Morgan fingerprint density at radius 2 is 1.50 bits per heavy atom. The summed E-state index contributed by atoms with van der Waals surface area (Å²) >= 11 is 0. The van der Waals surface area contributed by atoms with Crippen molar-refractivity contribution < 1.29 is 9.66 Å². The lowest BCUT2D eigenvalue weighted by molar-refractivity contribution is -0.384. The minimum atomic E-state index is -0.472. The van der Waals surface area contributed by atoms with Crippen LogP contribution in [-0.2, 0) is 0 Å². The lowest BCUT2D eigenvalue weighted by atomic mass is 9.89. The molecule has 40 heavy (non-hydrogen) atoms. The summed E-state index contributed by atoms with van der Waals surface area (Å²) in [6.07, 6.45) is 2.39. The number of ether oxygens (including phenoxy) is 1. The molecule has 0 bridgehead atoms. The highest BCUT2D eigenvalue weighted by molar-refractivity contribution is 5.88. The van der Waals surface area contributed by atoms with E-state index in [-0.39, 0.29) is 17.2 Å². The molecule has 5 rings (SSSR count). The fourth-order valence-electron chi connectivity index (χ4n) is 4.71. The third-order valence-electron chi connectivity index (χ3n) is 6.80. The normalized spacial score (nSPS) is 11.2. The van der Waals surface area contributed by atoms with Gasteiger partial charge in [-0.1, -0.05) is 60.7 Å². The van der Waals surface area contributed by atoms with Crippen LogP contribution in [0.2, 0.25) is 0 Å². The van der Waals surface area contributed by atoms with Gasteiger partial charge in [-0.3, -0.25) is 25.0 Å². The van der Waals surface area contributed by atoms with Crippen LogP contribution >= 0.6 is 0 Å². The van der Waals surface area contributed by atoms with E-state index in [4.69, 9.17) is 4.74 Å². The first-order valence-corrected chi connectivity index (χ1v) is 12.9. The molecule has 1 heterocycles. The molecule has 0 radical (unpaired) electrons. The Morgan fingerprint density at radius 1 is 0.900 bits per heavy atom. The summed E-state index contributed by atoms with van der Waals surface area (Å²) in [5.41, 5.74) is 4.34. The predicted molar refractivity (Wildman–Crippen MR) is 157 cm³/mol. The number of hydrogen-bond acceptors (Lipinski definition) is 5. The van der Waals surface area contributed by atoms with Crippen molar-refractivity contribution in [3.63, 3.8) is 0 Å². The van der Waals surface area contributed by atoms with Gasteiger partial charge in [0.2, 0.25) is 0 Å². The molecule has 0 atom stereocenters. The van der Waals surface area contributed by atoms with Gasteiger partial charge >= 0.3 is 0 Å². The summed E-state index contributed by atoms with van der Waals surface area (Å²) in [5.74, 6) is 0.868. The number of nitrogens with one attached hydrogen (secondary N) is 1. The fraction of sp³-hybridized carbons (Fsp3) is 0.125. The first-order chi connectivity index (χ1) is 19.5. The Labute approximate surface area is 231 Å². The number of aromatic nitrogens is 2. The number of non-ortho nitro benzene ring substituents is 1. The minimum absolute atomic E-state index is 0.0492. The van der Waals surface area contributed by atoms with Gasteiger partial charge in [-0.05, 0) is 53.9 Å². The highest BCUT2D eigenvalue weighted by Crippen LogP contribution is 2.28. The van der Waals surface area contributed by atoms with Crippen molar-refractivity contribution in [3.05, 3.63) is 146 Å². The largest absolute Gasteiger partial charge is 0.497 e. The van der Waals surface area contributed by atoms with E-state index in [1.54, 1.807) is 25.5 Å². The van der Waals surface area contributed by atoms with E-state index in [0.717, 1.165) is 12.0 Å². The van der Waals surface area contributed by atoms with Crippen LogP contribution in [0.3, 0.4) is 0 Å². The van der Waals surface area contributed by atoms with Gasteiger partial charge < -0.3 is 4.74 Å². The van der Waals surface area contributed by atoms with E-state index in [1.165, 1.54) is 27.9 Å². The summed E-state index contributed by atoms with van der Waals surface area (Å²) in [7, 11) is 1.60. The van der Waals surface area contributed by atoms with E-state index in [2.05, 4.69) is 34.4 Å². The predicted octanol–water partition coefficient (Wildman–Crippen LogP) is 6.39. The van der Waals surface area contributed by atoms with Gasteiger partial charge in [0.25, 0.3) is 11.2 Å². The van der Waals surface area contributed by atoms with Crippen LogP contribution in [0.15, 0.2) is 119 Å². The maximum atomic E-state index is 13.6.